The zero-order chi connectivity index (χ0) is 5.11. The van der Waals surface area contributed by atoms with E-state index in [-0.39, 0.29) is 19.5 Å². The first kappa shape index (κ1) is 7.97. The fraction of sp³-hybridized carbons (Fsp3) is 0.286. The van der Waals surface area contributed by atoms with Gasteiger partial charge in [-0.05, 0) is 0 Å². The van der Waals surface area contributed by atoms with E-state index in [4.69, 9.17) is 0 Å². The van der Waals surface area contributed by atoms with Gasteiger partial charge < -0.3 is 0 Å². The third-order valence-corrected chi connectivity index (χ3v) is 1.14. The average molecular weight is 159 g/mol. The molecule has 0 saturated heterocycles. The van der Waals surface area contributed by atoms with E-state index in [0.29, 0.717) is 0 Å². The van der Waals surface area contributed by atoms with Crippen molar-refractivity contribution in [3.8, 4) is 0 Å². The largest absolute Gasteiger partial charge is 0.213 e. The average Bonchev–Trinajstić information content (AvgIpc) is 2.14. The van der Waals surface area contributed by atoms with Gasteiger partial charge in [0.25, 0.3) is 0 Å². The first-order valence-corrected chi connectivity index (χ1v) is 2.64. The van der Waals surface area contributed by atoms with Gasteiger partial charge >= 0.3 is 0 Å². The maximum Gasteiger partial charge on any atom is 0 e. The van der Waals surface area contributed by atoms with E-state index >= 15 is 0 Å². The van der Waals surface area contributed by atoms with Crippen LogP contribution >= 0.6 is 0 Å². The van der Waals surface area contributed by atoms with Crippen LogP contribution in [0, 0.1) is 0 Å². The van der Waals surface area contributed by atoms with E-state index in [2.05, 4.69) is 31.2 Å². The predicted octanol–water partition coefficient (Wildman–Crippen LogP) is 1.97. The monoisotopic (exact) mass is 157 g/mol. The van der Waals surface area contributed by atoms with Gasteiger partial charge in [-0.3, -0.25) is 0 Å². The van der Waals surface area contributed by atoms with Crippen molar-refractivity contribution in [1.82, 2.24) is 0 Å². The van der Waals surface area contributed by atoms with Gasteiger partial charge in [0, 0.05) is 19.5 Å². The summed E-state index contributed by atoms with van der Waals surface area (Å²) in [5.74, 6) is 0. The molecule has 0 saturated carbocycles. The van der Waals surface area contributed by atoms with E-state index in [1.807, 2.05) is 0 Å². The zero-order valence-electron chi connectivity index (χ0n) is 5.22. The second-order valence-electron chi connectivity index (χ2n) is 1.65. The molecule has 0 aliphatic rings. The van der Waals surface area contributed by atoms with Crippen molar-refractivity contribution in [3.63, 3.8) is 0 Å². The third-order valence-electron chi connectivity index (χ3n) is 1.14. The maximum absolute atomic E-state index is 2.16. The minimum absolute atomic E-state index is 0. The second-order valence-corrected chi connectivity index (χ2v) is 1.65. The van der Waals surface area contributed by atoms with Crippen molar-refractivity contribution in [2.75, 3.05) is 0 Å². The summed E-state index contributed by atoms with van der Waals surface area (Å²) in [6.07, 6.45) is 1.16. The van der Waals surface area contributed by atoms with Crippen molar-refractivity contribution in [2.24, 2.45) is 0 Å². The Kier molecular flexibility index (Phi) is 3.90. The van der Waals surface area contributed by atoms with Gasteiger partial charge in [-0.2, -0.15) is 17.7 Å². The van der Waals surface area contributed by atoms with Crippen LogP contribution in [0.4, 0.5) is 0 Å². The molecule has 0 nitrogen and oxygen atoms in total. The molecule has 1 aromatic rings. The second kappa shape index (κ2) is 3.91. The summed E-state index contributed by atoms with van der Waals surface area (Å²) in [6.45, 7) is 2.16. The molecule has 0 aromatic heterocycles. The molecule has 8 heavy (non-hydrogen) atoms. The quantitative estimate of drug-likeness (QED) is 0.433. The van der Waals surface area contributed by atoms with Crippen LogP contribution in [0.1, 0.15) is 12.5 Å². The molecule has 0 atom stereocenters. The van der Waals surface area contributed by atoms with Crippen LogP contribution in [0.3, 0.4) is 0 Å². The smallest absolute Gasteiger partial charge is 0 e. The van der Waals surface area contributed by atoms with Gasteiger partial charge in [0.2, 0.25) is 0 Å². The Morgan fingerprint density at radius 3 is 2.00 bits per heavy atom. The Bertz CT molecular complexity index is 119. The Morgan fingerprint density at radius 2 is 1.75 bits per heavy atom. The Labute approximate surface area is 63.0 Å². The number of aryl methyl sites for hydroxylation is 1. The van der Waals surface area contributed by atoms with E-state index in [1.54, 1.807) is 0 Å². The first-order valence-electron chi connectivity index (χ1n) is 2.64. The van der Waals surface area contributed by atoms with Crippen LogP contribution in [0.2, 0.25) is 0 Å². The van der Waals surface area contributed by atoms with Crippen LogP contribution in [-0.4, -0.2) is 0 Å². The van der Waals surface area contributed by atoms with E-state index in [9.17, 15) is 0 Å². The molecule has 0 heterocycles. The van der Waals surface area contributed by atoms with Gasteiger partial charge in [-0.15, -0.1) is 0 Å². The molecule has 40 valence electrons. The standard InChI is InChI=1S/C7H9.Zn/c1-2-7-5-3-4-6-7;/h3-6H,2H2,1H3;/q-1;. The molecule has 1 rings (SSSR count). The maximum atomic E-state index is 2.16. The van der Waals surface area contributed by atoms with Gasteiger partial charge in [-0.1, -0.05) is 13.3 Å². The Morgan fingerprint density at radius 1 is 1.25 bits per heavy atom. The number of hydrogen-bond donors (Lipinski definition) is 0. The van der Waals surface area contributed by atoms with Crippen LogP contribution in [0.25, 0.3) is 0 Å². The molecule has 1 heteroatoms. The molecule has 0 spiro atoms. The minimum atomic E-state index is 0. The van der Waals surface area contributed by atoms with E-state index in [1.165, 1.54) is 5.56 Å². The molecule has 0 N–H and O–H groups in total. The molecule has 0 amide bonds. The molecule has 1 aromatic carbocycles. The fourth-order valence-corrected chi connectivity index (χ4v) is 0.650. The van der Waals surface area contributed by atoms with Crippen LogP contribution in [0.5, 0.6) is 0 Å². The fourth-order valence-electron chi connectivity index (χ4n) is 0.650. The summed E-state index contributed by atoms with van der Waals surface area (Å²) in [4.78, 5) is 0. The predicted molar refractivity (Wildman–Crippen MR) is 31.4 cm³/mol. The zero-order valence-corrected chi connectivity index (χ0v) is 8.19. The third kappa shape index (κ3) is 1.83. The number of rotatable bonds is 1. The Balaban J connectivity index is 0.000000490. The van der Waals surface area contributed by atoms with E-state index < -0.39 is 0 Å². The molecule has 0 radical (unpaired) electrons. The molecular formula is C7H9Zn-. The Hall–Kier alpha value is -0.0266. The van der Waals surface area contributed by atoms with Gasteiger partial charge in [0.1, 0.15) is 0 Å². The van der Waals surface area contributed by atoms with Gasteiger partial charge in [0.05, 0.1) is 0 Å². The van der Waals surface area contributed by atoms with Crippen molar-refractivity contribution < 1.29 is 19.5 Å². The van der Waals surface area contributed by atoms with Crippen LogP contribution in [-0.2, 0) is 25.9 Å². The normalized spacial score (nSPS) is 8.12. The topological polar surface area (TPSA) is 0 Å². The van der Waals surface area contributed by atoms with E-state index in [0.717, 1.165) is 6.42 Å². The molecule has 0 bridgehead atoms. The van der Waals surface area contributed by atoms with Crippen molar-refractivity contribution >= 4 is 0 Å². The first-order chi connectivity index (χ1) is 3.43. The molecule has 0 fully saturated rings. The molecule has 0 aliphatic heterocycles. The molecular weight excluding hydrogens is 149 g/mol. The van der Waals surface area contributed by atoms with Gasteiger partial charge in [-0.25, -0.2) is 12.1 Å². The summed E-state index contributed by atoms with van der Waals surface area (Å²) < 4.78 is 0. The van der Waals surface area contributed by atoms with Crippen molar-refractivity contribution in [2.45, 2.75) is 13.3 Å². The molecule has 0 aliphatic carbocycles. The number of hydrogen-bond acceptors (Lipinski definition) is 0. The SMILES string of the molecule is CC[c-]1cccc1.[Zn]. The van der Waals surface area contributed by atoms with Crippen LogP contribution in [0.15, 0.2) is 24.3 Å². The van der Waals surface area contributed by atoms with Crippen molar-refractivity contribution in [1.29, 1.82) is 0 Å². The van der Waals surface area contributed by atoms with Crippen molar-refractivity contribution in [3.05, 3.63) is 29.8 Å². The summed E-state index contributed by atoms with van der Waals surface area (Å²) in [6, 6.07) is 8.41. The summed E-state index contributed by atoms with van der Waals surface area (Å²) in [5.41, 5.74) is 1.43. The van der Waals surface area contributed by atoms with Gasteiger partial charge in [0.15, 0.2) is 0 Å². The minimum Gasteiger partial charge on any atom is -0.213 e. The summed E-state index contributed by atoms with van der Waals surface area (Å²) in [5, 5.41) is 0. The summed E-state index contributed by atoms with van der Waals surface area (Å²) >= 11 is 0. The summed E-state index contributed by atoms with van der Waals surface area (Å²) in [7, 11) is 0. The molecule has 0 unspecified atom stereocenters. The van der Waals surface area contributed by atoms with Crippen LogP contribution < -0.4 is 0 Å².